The molecule has 20 heavy (non-hydrogen) atoms. The second-order valence-corrected chi connectivity index (χ2v) is 7.88. The van der Waals surface area contributed by atoms with E-state index in [9.17, 15) is 5.11 Å². The molecule has 4 aliphatic carbocycles. The Balaban J connectivity index is 1.83. The molecule has 1 N–H and O–H groups in total. The van der Waals surface area contributed by atoms with Gasteiger partial charge in [-0.1, -0.05) is 12.1 Å². The van der Waals surface area contributed by atoms with E-state index in [2.05, 4.69) is 32.9 Å². The highest BCUT2D eigenvalue weighted by Crippen LogP contribution is 2.62. The summed E-state index contributed by atoms with van der Waals surface area (Å²) in [5.41, 5.74) is 4.68. The predicted molar refractivity (Wildman–Crippen MR) is 81.6 cm³/mol. The molecule has 0 radical (unpaired) electrons. The van der Waals surface area contributed by atoms with Crippen molar-refractivity contribution in [2.45, 2.75) is 58.5 Å². The Hall–Kier alpha value is -0.820. The number of benzene rings is 1. The molecule has 4 bridgehead atoms. The molecule has 0 amide bonds. The monoisotopic (exact) mass is 270 g/mol. The van der Waals surface area contributed by atoms with Crippen molar-refractivity contribution in [1.29, 1.82) is 0 Å². The van der Waals surface area contributed by atoms with Gasteiger partial charge in [-0.2, -0.15) is 0 Å². The average molecular weight is 270 g/mol. The highest BCUT2D eigenvalue weighted by Gasteiger charge is 2.57. The lowest BCUT2D eigenvalue weighted by Gasteiger charge is -2.59. The van der Waals surface area contributed by atoms with E-state index in [0.717, 1.165) is 11.8 Å². The standard InChI is InChI=1S/C19H26O/c1-11-4-13(3)18(5-12(11)2)19(20)16-7-14-6-15(9-16)10-17(19)8-14/h4-5,14-17,20H,6-10H2,1-3H3. The maximum Gasteiger partial charge on any atom is 0.0955 e. The average Bonchev–Trinajstić information content (AvgIpc) is 2.39. The molecule has 0 spiro atoms. The van der Waals surface area contributed by atoms with Crippen LogP contribution >= 0.6 is 0 Å². The van der Waals surface area contributed by atoms with Gasteiger partial charge in [0.2, 0.25) is 0 Å². The minimum absolute atomic E-state index is 0.513. The smallest absolute Gasteiger partial charge is 0.0955 e. The van der Waals surface area contributed by atoms with Crippen LogP contribution in [-0.2, 0) is 5.60 Å². The molecular weight excluding hydrogens is 244 g/mol. The molecule has 4 saturated carbocycles. The predicted octanol–water partition coefficient (Wildman–Crippen LogP) is 4.26. The minimum atomic E-state index is -0.532. The summed E-state index contributed by atoms with van der Waals surface area (Å²) in [6, 6.07) is 4.56. The van der Waals surface area contributed by atoms with Crippen molar-refractivity contribution in [3.05, 3.63) is 34.4 Å². The number of rotatable bonds is 1. The number of aliphatic hydroxyl groups is 1. The lowest BCUT2D eigenvalue weighted by atomic mass is 9.48. The zero-order valence-corrected chi connectivity index (χ0v) is 12.9. The van der Waals surface area contributed by atoms with Crippen LogP contribution in [0.25, 0.3) is 0 Å². The van der Waals surface area contributed by atoms with Crippen molar-refractivity contribution >= 4 is 0 Å². The highest BCUT2D eigenvalue weighted by molar-refractivity contribution is 5.41. The van der Waals surface area contributed by atoms with Gasteiger partial charge in [0.05, 0.1) is 5.60 Å². The maximum atomic E-state index is 11.7. The molecule has 1 aromatic carbocycles. The molecule has 4 aliphatic rings. The van der Waals surface area contributed by atoms with Crippen LogP contribution in [0.4, 0.5) is 0 Å². The second kappa shape index (κ2) is 4.10. The summed E-state index contributed by atoms with van der Waals surface area (Å²) in [7, 11) is 0. The van der Waals surface area contributed by atoms with Gasteiger partial charge in [0.15, 0.2) is 0 Å². The van der Waals surface area contributed by atoms with Crippen LogP contribution in [0.15, 0.2) is 12.1 Å². The third-order valence-corrected chi connectivity index (χ3v) is 6.66. The van der Waals surface area contributed by atoms with E-state index in [4.69, 9.17) is 0 Å². The van der Waals surface area contributed by atoms with Gasteiger partial charge >= 0.3 is 0 Å². The Morgan fingerprint density at radius 1 is 0.800 bits per heavy atom. The van der Waals surface area contributed by atoms with Crippen LogP contribution in [0, 0.1) is 44.4 Å². The van der Waals surface area contributed by atoms with Crippen molar-refractivity contribution in [1.82, 2.24) is 0 Å². The highest BCUT2D eigenvalue weighted by atomic mass is 16.3. The maximum absolute atomic E-state index is 11.7. The fourth-order valence-electron chi connectivity index (χ4n) is 5.73. The van der Waals surface area contributed by atoms with E-state index in [1.165, 1.54) is 54.4 Å². The molecule has 4 fully saturated rings. The van der Waals surface area contributed by atoms with E-state index < -0.39 is 5.60 Å². The fraction of sp³-hybridized carbons (Fsp3) is 0.684. The summed E-state index contributed by atoms with van der Waals surface area (Å²) in [6.07, 6.45) is 6.48. The van der Waals surface area contributed by atoms with Gasteiger partial charge in [-0.25, -0.2) is 0 Å². The Morgan fingerprint density at radius 2 is 1.30 bits per heavy atom. The first kappa shape index (κ1) is 12.9. The van der Waals surface area contributed by atoms with Gasteiger partial charge in [0, 0.05) is 0 Å². The van der Waals surface area contributed by atoms with Crippen LogP contribution in [0.1, 0.15) is 54.4 Å². The van der Waals surface area contributed by atoms with Crippen LogP contribution in [0.2, 0.25) is 0 Å². The van der Waals surface area contributed by atoms with Gasteiger partial charge in [-0.15, -0.1) is 0 Å². The van der Waals surface area contributed by atoms with E-state index >= 15 is 0 Å². The van der Waals surface area contributed by atoms with E-state index in [0.29, 0.717) is 11.8 Å². The molecule has 0 saturated heterocycles. The van der Waals surface area contributed by atoms with Crippen LogP contribution in [0.3, 0.4) is 0 Å². The summed E-state index contributed by atoms with van der Waals surface area (Å²) in [4.78, 5) is 0. The van der Waals surface area contributed by atoms with Gasteiger partial charge in [-0.3, -0.25) is 0 Å². The molecule has 0 atom stereocenters. The third kappa shape index (κ3) is 1.59. The summed E-state index contributed by atoms with van der Waals surface area (Å²) in [5, 5.41) is 11.7. The lowest BCUT2D eigenvalue weighted by molar-refractivity contribution is -0.179. The first-order valence-corrected chi connectivity index (χ1v) is 8.29. The second-order valence-electron chi connectivity index (χ2n) is 7.88. The summed E-state index contributed by atoms with van der Waals surface area (Å²) < 4.78 is 0. The van der Waals surface area contributed by atoms with Crippen molar-refractivity contribution in [3.63, 3.8) is 0 Å². The van der Waals surface area contributed by atoms with Gasteiger partial charge in [-0.05, 0) is 98.8 Å². The minimum Gasteiger partial charge on any atom is -0.385 e. The SMILES string of the molecule is Cc1cc(C)c(C2(O)C3CC4CC(C3)CC2C4)cc1C. The number of aryl methyl sites for hydroxylation is 3. The molecule has 0 heterocycles. The number of hydrogen-bond donors (Lipinski definition) is 1. The largest absolute Gasteiger partial charge is 0.385 e. The number of hydrogen-bond acceptors (Lipinski definition) is 1. The third-order valence-electron chi connectivity index (χ3n) is 6.66. The van der Waals surface area contributed by atoms with E-state index in [1.807, 2.05) is 0 Å². The Bertz CT molecular complexity index is 529. The molecule has 108 valence electrons. The van der Waals surface area contributed by atoms with Gasteiger partial charge in [0.25, 0.3) is 0 Å². The van der Waals surface area contributed by atoms with Crippen molar-refractivity contribution in [2.75, 3.05) is 0 Å². The normalized spacial score (nSPS) is 42.2. The van der Waals surface area contributed by atoms with Gasteiger partial charge in [0.1, 0.15) is 0 Å². The topological polar surface area (TPSA) is 20.2 Å². The molecule has 1 heteroatoms. The van der Waals surface area contributed by atoms with Crippen LogP contribution in [-0.4, -0.2) is 5.11 Å². The Morgan fingerprint density at radius 3 is 1.85 bits per heavy atom. The van der Waals surface area contributed by atoms with Crippen LogP contribution < -0.4 is 0 Å². The first-order valence-electron chi connectivity index (χ1n) is 8.29. The molecular formula is C19H26O. The Labute approximate surface area is 122 Å². The summed E-state index contributed by atoms with van der Waals surface area (Å²) in [5.74, 6) is 2.84. The van der Waals surface area contributed by atoms with Crippen molar-refractivity contribution < 1.29 is 5.11 Å². The molecule has 1 nitrogen and oxygen atoms in total. The molecule has 0 aliphatic heterocycles. The van der Waals surface area contributed by atoms with Gasteiger partial charge < -0.3 is 5.11 Å². The quantitative estimate of drug-likeness (QED) is 0.808. The van der Waals surface area contributed by atoms with Crippen molar-refractivity contribution in [3.8, 4) is 0 Å². The lowest BCUT2D eigenvalue weighted by Crippen LogP contribution is -2.55. The molecule has 0 unspecified atom stereocenters. The van der Waals surface area contributed by atoms with E-state index in [1.54, 1.807) is 0 Å². The van der Waals surface area contributed by atoms with Crippen molar-refractivity contribution in [2.24, 2.45) is 23.7 Å². The van der Waals surface area contributed by atoms with Crippen LogP contribution in [0.5, 0.6) is 0 Å². The molecule has 5 rings (SSSR count). The fourth-order valence-corrected chi connectivity index (χ4v) is 5.73. The Kier molecular flexibility index (Phi) is 2.64. The molecule has 1 aromatic rings. The summed E-state index contributed by atoms with van der Waals surface area (Å²) in [6.45, 7) is 6.54. The zero-order chi connectivity index (χ0) is 14.1. The summed E-state index contributed by atoms with van der Waals surface area (Å²) >= 11 is 0. The van der Waals surface area contributed by atoms with E-state index in [-0.39, 0.29) is 0 Å². The molecule has 0 aromatic heterocycles. The first-order chi connectivity index (χ1) is 9.48. The zero-order valence-electron chi connectivity index (χ0n) is 12.9.